The summed E-state index contributed by atoms with van der Waals surface area (Å²) in [6, 6.07) is 0.373. The average molecular weight is 261 g/mol. The lowest BCUT2D eigenvalue weighted by atomic mass is 9.99. The summed E-state index contributed by atoms with van der Waals surface area (Å²) in [6.07, 6.45) is -10.2. The van der Waals surface area contributed by atoms with Gasteiger partial charge in [-0.3, -0.25) is 0 Å². The zero-order valence-electron chi connectivity index (χ0n) is 8.08. The molecule has 96 valence electrons. The van der Waals surface area contributed by atoms with E-state index in [9.17, 15) is 30.7 Å². The largest absolute Gasteiger partial charge is 0.419 e. The Bertz CT molecular complexity index is 419. The van der Waals surface area contributed by atoms with Crippen molar-refractivity contribution >= 4 is 0 Å². The second-order valence-corrected chi connectivity index (χ2v) is 3.15. The molecule has 0 saturated heterocycles. The molecule has 0 fully saturated rings. The summed E-state index contributed by atoms with van der Waals surface area (Å²) in [6.45, 7) is -1.05. The van der Waals surface area contributed by atoms with E-state index in [1.165, 1.54) is 0 Å². The lowest BCUT2D eigenvalue weighted by Crippen LogP contribution is -2.20. The highest BCUT2D eigenvalue weighted by Crippen LogP contribution is 2.40. The van der Waals surface area contributed by atoms with Crippen molar-refractivity contribution in [3.8, 4) is 0 Å². The molecular weight excluding hydrogens is 255 g/mol. The molecule has 0 aromatic heterocycles. The van der Waals surface area contributed by atoms with Crippen molar-refractivity contribution in [2.24, 2.45) is 5.73 Å². The van der Waals surface area contributed by atoms with E-state index in [-0.39, 0.29) is 12.1 Å². The molecule has 1 aromatic rings. The lowest BCUT2D eigenvalue weighted by molar-refractivity contribution is -0.145. The van der Waals surface area contributed by atoms with E-state index < -0.39 is 41.4 Å². The summed E-state index contributed by atoms with van der Waals surface area (Å²) < 4.78 is 87.3. The van der Waals surface area contributed by atoms with E-state index in [1.807, 2.05) is 0 Å². The summed E-state index contributed by atoms with van der Waals surface area (Å²) in [5.74, 6) is -1.77. The van der Waals surface area contributed by atoms with Crippen LogP contribution in [0.5, 0.6) is 0 Å². The van der Waals surface area contributed by atoms with Crippen LogP contribution in [-0.4, -0.2) is 0 Å². The van der Waals surface area contributed by atoms with Gasteiger partial charge in [-0.05, 0) is 17.7 Å². The van der Waals surface area contributed by atoms with Crippen molar-refractivity contribution in [2.45, 2.75) is 18.9 Å². The fourth-order valence-electron chi connectivity index (χ4n) is 1.40. The third-order valence-corrected chi connectivity index (χ3v) is 2.06. The van der Waals surface area contributed by atoms with E-state index in [1.54, 1.807) is 0 Å². The molecule has 0 unspecified atom stereocenters. The van der Waals surface area contributed by atoms with Gasteiger partial charge in [0.2, 0.25) is 0 Å². The lowest BCUT2D eigenvalue weighted by Gasteiger charge is -2.18. The highest BCUT2D eigenvalue weighted by molar-refractivity contribution is 5.39. The van der Waals surface area contributed by atoms with Crippen LogP contribution in [0, 0.1) is 5.82 Å². The molecular formula is C9H6F7N. The van der Waals surface area contributed by atoms with Gasteiger partial charge < -0.3 is 5.73 Å². The number of rotatable bonds is 1. The van der Waals surface area contributed by atoms with Crippen LogP contribution in [0.4, 0.5) is 30.7 Å². The molecule has 1 aromatic carbocycles. The fourth-order valence-corrected chi connectivity index (χ4v) is 1.40. The topological polar surface area (TPSA) is 26.0 Å². The van der Waals surface area contributed by atoms with Crippen LogP contribution >= 0.6 is 0 Å². The zero-order chi connectivity index (χ0) is 13.4. The molecule has 0 aliphatic rings. The molecule has 17 heavy (non-hydrogen) atoms. The second kappa shape index (κ2) is 4.17. The predicted octanol–water partition coefficient (Wildman–Crippen LogP) is 3.32. The highest BCUT2D eigenvalue weighted by Gasteiger charge is 2.42. The Hall–Kier alpha value is -1.31. The minimum absolute atomic E-state index is 0.130. The van der Waals surface area contributed by atoms with Gasteiger partial charge >= 0.3 is 12.4 Å². The van der Waals surface area contributed by atoms with Crippen LogP contribution in [0.1, 0.15) is 16.7 Å². The molecule has 0 spiro atoms. The van der Waals surface area contributed by atoms with Crippen molar-refractivity contribution in [3.05, 3.63) is 34.6 Å². The standard InChI is InChI=1S/C9H6F7N/c10-6-2-1-5(8(11,12)13)4(3-17)7(6)9(14,15)16/h1-2H,3,17H2. The van der Waals surface area contributed by atoms with Crippen molar-refractivity contribution in [2.75, 3.05) is 0 Å². The summed E-state index contributed by atoms with van der Waals surface area (Å²) in [7, 11) is 0. The first-order chi connectivity index (χ1) is 7.59. The van der Waals surface area contributed by atoms with Gasteiger partial charge in [-0.25, -0.2) is 4.39 Å². The summed E-state index contributed by atoms with van der Waals surface area (Å²) in [4.78, 5) is 0. The maximum atomic E-state index is 13.0. The third-order valence-electron chi connectivity index (χ3n) is 2.06. The van der Waals surface area contributed by atoms with Crippen molar-refractivity contribution in [3.63, 3.8) is 0 Å². The minimum atomic E-state index is -5.22. The van der Waals surface area contributed by atoms with Gasteiger partial charge in [-0.2, -0.15) is 26.3 Å². The number of benzene rings is 1. The van der Waals surface area contributed by atoms with Gasteiger partial charge in [0.25, 0.3) is 0 Å². The van der Waals surface area contributed by atoms with Crippen LogP contribution in [-0.2, 0) is 18.9 Å². The molecule has 0 aliphatic carbocycles. The van der Waals surface area contributed by atoms with Crippen molar-refractivity contribution in [1.29, 1.82) is 0 Å². The Labute approximate surface area is 91.0 Å². The smallest absolute Gasteiger partial charge is 0.326 e. The molecule has 0 atom stereocenters. The first-order valence-corrected chi connectivity index (χ1v) is 4.25. The van der Waals surface area contributed by atoms with Gasteiger partial charge in [0, 0.05) is 6.54 Å². The van der Waals surface area contributed by atoms with E-state index in [4.69, 9.17) is 5.73 Å². The predicted molar refractivity (Wildman–Crippen MR) is 44.3 cm³/mol. The molecule has 0 heterocycles. The quantitative estimate of drug-likeness (QED) is 0.771. The number of hydrogen-bond donors (Lipinski definition) is 1. The van der Waals surface area contributed by atoms with E-state index in [0.717, 1.165) is 0 Å². The van der Waals surface area contributed by atoms with Crippen LogP contribution < -0.4 is 5.73 Å². The van der Waals surface area contributed by atoms with Gasteiger partial charge in [0.15, 0.2) is 0 Å². The summed E-state index contributed by atoms with van der Waals surface area (Å²) in [5.41, 5.74) is 0.0216. The van der Waals surface area contributed by atoms with Crippen LogP contribution in [0.2, 0.25) is 0 Å². The fraction of sp³-hybridized carbons (Fsp3) is 0.333. The Morgan fingerprint density at radius 2 is 1.47 bits per heavy atom. The van der Waals surface area contributed by atoms with Gasteiger partial charge in [-0.1, -0.05) is 0 Å². The molecule has 1 nitrogen and oxygen atoms in total. The monoisotopic (exact) mass is 261 g/mol. The first-order valence-electron chi connectivity index (χ1n) is 4.25. The Kier molecular flexibility index (Phi) is 3.37. The highest BCUT2D eigenvalue weighted by atomic mass is 19.4. The summed E-state index contributed by atoms with van der Waals surface area (Å²) >= 11 is 0. The Morgan fingerprint density at radius 1 is 0.941 bits per heavy atom. The van der Waals surface area contributed by atoms with Gasteiger partial charge in [-0.15, -0.1) is 0 Å². The molecule has 8 heteroatoms. The molecule has 2 N–H and O–H groups in total. The first kappa shape index (κ1) is 13.8. The van der Waals surface area contributed by atoms with E-state index in [0.29, 0.717) is 0 Å². The van der Waals surface area contributed by atoms with E-state index >= 15 is 0 Å². The van der Waals surface area contributed by atoms with Crippen molar-refractivity contribution < 1.29 is 30.7 Å². The minimum Gasteiger partial charge on any atom is -0.326 e. The Morgan fingerprint density at radius 3 is 1.82 bits per heavy atom. The number of halogens is 7. The second-order valence-electron chi connectivity index (χ2n) is 3.15. The van der Waals surface area contributed by atoms with Gasteiger partial charge in [0.05, 0.1) is 11.1 Å². The maximum absolute atomic E-state index is 13.0. The van der Waals surface area contributed by atoms with Gasteiger partial charge in [0.1, 0.15) is 5.82 Å². The molecule has 0 aliphatic heterocycles. The number of nitrogens with two attached hydrogens (primary N) is 1. The normalized spacial score (nSPS) is 12.9. The number of alkyl halides is 6. The Balaban J connectivity index is 3.60. The SMILES string of the molecule is NCc1c(C(F)(F)F)ccc(F)c1C(F)(F)F. The maximum Gasteiger partial charge on any atom is 0.419 e. The molecule has 1 rings (SSSR count). The number of hydrogen-bond acceptors (Lipinski definition) is 1. The molecule has 0 radical (unpaired) electrons. The third kappa shape index (κ3) is 2.68. The molecule has 0 amide bonds. The average Bonchev–Trinajstić information content (AvgIpc) is 2.12. The van der Waals surface area contributed by atoms with E-state index in [2.05, 4.69) is 0 Å². The molecule has 0 bridgehead atoms. The molecule has 0 saturated carbocycles. The zero-order valence-corrected chi connectivity index (χ0v) is 8.08. The van der Waals surface area contributed by atoms with Crippen molar-refractivity contribution in [1.82, 2.24) is 0 Å². The van der Waals surface area contributed by atoms with Crippen LogP contribution in [0.15, 0.2) is 12.1 Å². The van der Waals surface area contributed by atoms with Crippen LogP contribution in [0.3, 0.4) is 0 Å². The van der Waals surface area contributed by atoms with Crippen LogP contribution in [0.25, 0.3) is 0 Å². The summed E-state index contributed by atoms with van der Waals surface area (Å²) in [5, 5.41) is 0.